The van der Waals surface area contributed by atoms with Crippen LogP contribution in [0.2, 0.25) is 0 Å². The summed E-state index contributed by atoms with van der Waals surface area (Å²) in [6.07, 6.45) is 1.16. The molecule has 1 aliphatic heterocycles. The number of likely N-dealkylation sites (N-methyl/N-ethyl adjacent to an activating group) is 1. The zero-order valence-corrected chi connectivity index (χ0v) is 14.6. The van der Waals surface area contributed by atoms with Crippen LogP contribution in [0.5, 0.6) is 11.5 Å². The Hall–Kier alpha value is -1.80. The quantitative estimate of drug-likeness (QED) is 0.796. The minimum atomic E-state index is -3.86. The lowest BCUT2D eigenvalue weighted by Crippen LogP contribution is -2.45. The summed E-state index contributed by atoms with van der Waals surface area (Å²) < 4.78 is 37.6. The van der Waals surface area contributed by atoms with Gasteiger partial charge in [-0.1, -0.05) is 0 Å². The third kappa shape index (κ3) is 3.28. The van der Waals surface area contributed by atoms with E-state index in [-0.39, 0.29) is 16.6 Å². The van der Waals surface area contributed by atoms with Crippen LogP contribution in [0.15, 0.2) is 23.1 Å². The molecule has 8 heteroatoms. The summed E-state index contributed by atoms with van der Waals surface area (Å²) in [5, 5.41) is 0. The molecule has 0 radical (unpaired) electrons. The second-order valence-corrected chi connectivity index (χ2v) is 7.38. The molecule has 1 fully saturated rings. The first-order valence-corrected chi connectivity index (χ1v) is 8.72. The molecule has 0 aromatic heterocycles. The Kier molecular flexibility index (Phi) is 5.16. The van der Waals surface area contributed by atoms with Gasteiger partial charge in [0.25, 0.3) is 0 Å². The molecule has 0 bridgehead atoms. The molecule has 0 saturated carbocycles. The van der Waals surface area contributed by atoms with Crippen LogP contribution >= 0.6 is 0 Å². The monoisotopic (exact) mass is 342 g/mol. The molecule has 1 atom stereocenters. The Morgan fingerprint density at radius 3 is 2.52 bits per heavy atom. The summed E-state index contributed by atoms with van der Waals surface area (Å²) >= 11 is 0. The first-order chi connectivity index (χ1) is 10.8. The Morgan fingerprint density at radius 1 is 1.26 bits per heavy atom. The van der Waals surface area contributed by atoms with E-state index in [4.69, 9.17) is 9.47 Å². The SMILES string of the molecule is COc1ccc(OC)c(S(=O)(=O)N2CCCC2C(=O)N(C)C)c1. The zero-order chi connectivity index (χ0) is 17.2. The Morgan fingerprint density at radius 2 is 1.96 bits per heavy atom. The number of amides is 1. The minimum absolute atomic E-state index is 0.0119. The van der Waals surface area contributed by atoms with Crippen LogP contribution in [0.25, 0.3) is 0 Å². The summed E-state index contributed by atoms with van der Waals surface area (Å²) in [6, 6.07) is 3.92. The number of nitrogens with zero attached hydrogens (tertiary/aromatic N) is 2. The Labute approximate surface area is 136 Å². The molecule has 2 rings (SSSR count). The van der Waals surface area contributed by atoms with Gasteiger partial charge in [0.05, 0.1) is 14.2 Å². The van der Waals surface area contributed by atoms with Crippen LogP contribution in [0.1, 0.15) is 12.8 Å². The maximum absolute atomic E-state index is 13.0. The predicted molar refractivity (Wildman–Crippen MR) is 85.2 cm³/mol. The zero-order valence-electron chi connectivity index (χ0n) is 13.8. The van der Waals surface area contributed by atoms with Crippen molar-refractivity contribution in [3.8, 4) is 11.5 Å². The number of benzene rings is 1. The molecule has 128 valence electrons. The number of hydrogen-bond acceptors (Lipinski definition) is 5. The van der Waals surface area contributed by atoms with Gasteiger partial charge < -0.3 is 14.4 Å². The maximum atomic E-state index is 13.0. The molecular weight excluding hydrogens is 320 g/mol. The largest absolute Gasteiger partial charge is 0.497 e. The smallest absolute Gasteiger partial charge is 0.247 e. The average molecular weight is 342 g/mol. The van der Waals surface area contributed by atoms with Gasteiger partial charge in [-0.3, -0.25) is 4.79 Å². The van der Waals surface area contributed by atoms with Crippen LogP contribution in [0, 0.1) is 0 Å². The van der Waals surface area contributed by atoms with Gasteiger partial charge in [-0.05, 0) is 25.0 Å². The third-order valence-electron chi connectivity index (χ3n) is 3.89. The number of carbonyl (C=O) groups excluding carboxylic acids is 1. The fraction of sp³-hybridized carbons (Fsp3) is 0.533. The van der Waals surface area contributed by atoms with Gasteiger partial charge in [0.1, 0.15) is 22.4 Å². The highest BCUT2D eigenvalue weighted by Gasteiger charge is 2.41. The van der Waals surface area contributed by atoms with Crippen molar-refractivity contribution in [2.24, 2.45) is 0 Å². The lowest BCUT2D eigenvalue weighted by molar-refractivity contribution is -0.132. The van der Waals surface area contributed by atoms with E-state index in [1.807, 2.05) is 0 Å². The Bertz CT molecular complexity index is 687. The normalized spacial score (nSPS) is 18.7. The maximum Gasteiger partial charge on any atom is 0.247 e. The van der Waals surface area contributed by atoms with Crippen molar-refractivity contribution in [2.45, 2.75) is 23.8 Å². The van der Waals surface area contributed by atoms with E-state index >= 15 is 0 Å². The number of rotatable bonds is 5. The summed E-state index contributed by atoms with van der Waals surface area (Å²) in [7, 11) is 2.26. The van der Waals surface area contributed by atoms with Gasteiger partial charge in [0.2, 0.25) is 15.9 Å². The van der Waals surface area contributed by atoms with Gasteiger partial charge in [0.15, 0.2) is 0 Å². The highest BCUT2D eigenvalue weighted by Crippen LogP contribution is 2.34. The molecule has 7 nitrogen and oxygen atoms in total. The second kappa shape index (κ2) is 6.76. The van der Waals surface area contributed by atoms with Crippen LogP contribution in [0.3, 0.4) is 0 Å². The molecule has 1 heterocycles. The van der Waals surface area contributed by atoms with Crippen molar-refractivity contribution in [3.05, 3.63) is 18.2 Å². The van der Waals surface area contributed by atoms with Gasteiger partial charge in [0, 0.05) is 26.7 Å². The highest BCUT2D eigenvalue weighted by molar-refractivity contribution is 7.89. The fourth-order valence-electron chi connectivity index (χ4n) is 2.68. The van der Waals surface area contributed by atoms with E-state index in [1.165, 1.54) is 29.5 Å². The van der Waals surface area contributed by atoms with Crippen LogP contribution in [-0.2, 0) is 14.8 Å². The molecule has 0 N–H and O–H groups in total. The number of methoxy groups -OCH3 is 2. The van der Waals surface area contributed by atoms with E-state index in [2.05, 4.69) is 0 Å². The lowest BCUT2D eigenvalue weighted by Gasteiger charge is -2.26. The van der Waals surface area contributed by atoms with Crippen LogP contribution in [-0.4, -0.2) is 64.4 Å². The molecule has 0 spiro atoms. The number of hydrogen-bond donors (Lipinski definition) is 0. The second-order valence-electron chi connectivity index (χ2n) is 5.52. The van der Waals surface area contributed by atoms with E-state index in [0.29, 0.717) is 25.1 Å². The molecule has 0 aliphatic carbocycles. The molecule has 1 aromatic carbocycles. The third-order valence-corrected chi connectivity index (χ3v) is 5.82. The van der Waals surface area contributed by atoms with E-state index in [1.54, 1.807) is 26.2 Å². The van der Waals surface area contributed by atoms with E-state index in [0.717, 1.165) is 0 Å². The topological polar surface area (TPSA) is 76.1 Å². The summed E-state index contributed by atoms with van der Waals surface area (Å²) in [5.74, 6) is 0.431. The molecular formula is C15H22N2O5S. The van der Waals surface area contributed by atoms with Gasteiger partial charge >= 0.3 is 0 Å². The molecule has 1 aliphatic rings. The van der Waals surface area contributed by atoms with Crippen molar-refractivity contribution < 1.29 is 22.7 Å². The van der Waals surface area contributed by atoms with Gasteiger partial charge in [-0.2, -0.15) is 4.31 Å². The standard InChI is InChI=1S/C15H22N2O5S/c1-16(2)15(18)12-6-5-9-17(12)23(19,20)14-10-11(21-3)7-8-13(14)22-4/h7-8,10,12H,5-6,9H2,1-4H3. The first-order valence-electron chi connectivity index (χ1n) is 7.28. The minimum Gasteiger partial charge on any atom is -0.497 e. The molecule has 1 unspecified atom stereocenters. The van der Waals surface area contributed by atoms with E-state index in [9.17, 15) is 13.2 Å². The number of carbonyl (C=O) groups is 1. The molecule has 1 amide bonds. The highest BCUT2D eigenvalue weighted by atomic mass is 32.2. The fourth-order valence-corrected chi connectivity index (χ4v) is 4.51. The van der Waals surface area contributed by atoms with Crippen LogP contribution < -0.4 is 9.47 Å². The van der Waals surface area contributed by atoms with Crippen molar-refractivity contribution >= 4 is 15.9 Å². The van der Waals surface area contributed by atoms with Gasteiger partial charge in [-0.25, -0.2) is 8.42 Å². The Balaban J connectivity index is 2.47. The molecule has 1 aromatic rings. The first kappa shape index (κ1) is 17.6. The van der Waals surface area contributed by atoms with Crippen molar-refractivity contribution in [3.63, 3.8) is 0 Å². The summed E-state index contributed by atoms with van der Waals surface area (Å²) in [4.78, 5) is 13.7. The number of ether oxygens (including phenoxy) is 2. The number of sulfonamides is 1. The average Bonchev–Trinajstić information content (AvgIpc) is 3.03. The lowest BCUT2D eigenvalue weighted by atomic mass is 10.2. The summed E-state index contributed by atoms with van der Waals surface area (Å²) in [5.41, 5.74) is 0. The molecule has 1 saturated heterocycles. The summed E-state index contributed by atoms with van der Waals surface area (Å²) in [6.45, 7) is 0.312. The van der Waals surface area contributed by atoms with Crippen molar-refractivity contribution in [1.29, 1.82) is 0 Å². The van der Waals surface area contributed by atoms with E-state index < -0.39 is 16.1 Å². The van der Waals surface area contributed by atoms with Crippen molar-refractivity contribution in [1.82, 2.24) is 9.21 Å². The van der Waals surface area contributed by atoms with Gasteiger partial charge in [-0.15, -0.1) is 0 Å². The van der Waals surface area contributed by atoms with Crippen molar-refractivity contribution in [2.75, 3.05) is 34.9 Å². The molecule has 23 heavy (non-hydrogen) atoms. The van der Waals surface area contributed by atoms with Crippen LogP contribution in [0.4, 0.5) is 0 Å². The predicted octanol–water partition coefficient (Wildman–Crippen LogP) is 0.945.